The number of nitrogens with two attached hydrogens (primary N) is 1. The Morgan fingerprint density at radius 2 is 2.03 bits per heavy atom. The lowest BCUT2D eigenvalue weighted by molar-refractivity contribution is -0.118. The first-order valence-corrected chi connectivity index (χ1v) is 13.6. The van der Waals surface area contributed by atoms with Gasteiger partial charge in [-0.2, -0.15) is 0 Å². The zero-order valence-electron chi connectivity index (χ0n) is 16.2. The molecule has 0 spiro atoms. The van der Waals surface area contributed by atoms with E-state index in [-0.39, 0.29) is 24.9 Å². The van der Waals surface area contributed by atoms with Gasteiger partial charge in [-0.15, -0.1) is 11.3 Å². The van der Waals surface area contributed by atoms with E-state index in [2.05, 4.69) is 10.3 Å². The molecule has 0 bridgehead atoms. The second-order valence-electron chi connectivity index (χ2n) is 6.96. The highest BCUT2D eigenvalue weighted by molar-refractivity contribution is 7.92. The average molecular weight is 477 g/mol. The first-order valence-electron chi connectivity index (χ1n) is 9.28. The number of benzene rings is 1. The fourth-order valence-electron chi connectivity index (χ4n) is 3.08. The smallest absolute Gasteiger partial charge is 0.235 e. The van der Waals surface area contributed by atoms with E-state index in [0.717, 1.165) is 15.2 Å². The number of sulfonamides is 1. The van der Waals surface area contributed by atoms with E-state index in [1.807, 2.05) is 29.2 Å². The van der Waals surface area contributed by atoms with Crippen molar-refractivity contribution in [3.63, 3.8) is 0 Å². The van der Waals surface area contributed by atoms with Crippen LogP contribution in [0, 0.1) is 0 Å². The van der Waals surface area contributed by atoms with Crippen molar-refractivity contribution in [3.05, 3.63) is 29.3 Å². The van der Waals surface area contributed by atoms with Gasteiger partial charge in [0.15, 0.2) is 9.84 Å². The highest BCUT2D eigenvalue weighted by Crippen LogP contribution is 2.31. The third kappa shape index (κ3) is 6.68. The van der Waals surface area contributed by atoms with Crippen LogP contribution in [0.3, 0.4) is 0 Å². The quantitative estimate of drug-likeness (QED) is 0.491. The van der Waals surface area contributed by atoms with Gasteiger partial charge in [-0.1, -0.05) is 12.1 Å². The molecule has 2 heterocycles. The number of nitrogens with one attached hydrogen (secondary N) is 1. The van der Waals surface area contributed by atoms with E-state index in [4.69, 9.17) is 9.88 Å². The van der Waals surface area contributed by atoms with Crippen molar-refractivity contribution >= 4 is 47.3 Å². The fraction of sp³-hybridized carbons (Fsp3) is 0.529. The highest BCUT2D eigenvalue weighted by Gasteiger charge is 2.29. The average Bonchev–Trinajstić information content (AvgIpc) is 3.09. The number of morpholine rings is 1. The van der Waals surface area contributed by atoms with E-state index in [9.17, 15) is 21.6 Å². The summed E-state index contributed by atoms with van der Waals surface area (Å²) >= 11 is 1.56. The van der Waals surface area contributed by atoms with Crippen molar-refractivity contribution in [1.29, 1.82) is 0 Å². The monoisotopic (exact) mass is 476 g/mol. The summed E-state index contributed by atoms with van der Waals surface area (Å²) < 4.78 is 53.1. The molecule has 13 heteroatoms. The summed E-state index contributed by atoms with van der Waals surface area (Å²) in [5.74, 6) is -2.09. The largest absolute Gasteiger partial charge is 0.378 e. The Bertz CT molecular complexity index is 1070. The number of carbonyl (C=O) groups is 1. The van der Waals surface area contributed by atoms with Gasteiger partial charge >= 0.3 is 0 Å². The van der Waals surface area contributed by atoms with Gasteiger partial charge in [0.1, 0.15) is 10.8 Å². The number of ether oxygens (including phenoxy) is 1. The van der Waals surface area contributed by atoms with Gasteiger partial charge in [-0.25, -0.2) is 27.0 Å². The lowest BCUT2D eigenvalue weighted by atomic mass is 10.2. The minimum absolute atomic E-state index is 0.144. The predicted octanol–water partition coefficient (Wildman–Crippen LogP) is -0.511. The van der Waals surface area contributed by atoms with Crippen LogP contribution in [-0.4, -0.2) is 82.7 Å². The van der Waals surface area contributed by atoms with Crippen molar-refractivity contribution in [1.82, 2.24) is 15.2 Å². The minimum atomic E-state index is -3.72. The number of rotatable bonds is 9. The number of carbonyl (C=O) groups excluding carboxylic acids is 1. The summed E-state index contributed by atoms with van der Waals surface area (Å²) in [4.78, 5) is 18.5. The number of sulfone groups is 1. The normalized spacial score (nSPS) is 18.5. The highest BCUT2D eigenvalue weighted by atomic mass is 32.2. The van der Waals surface area contributed by atoms with Crippen molar-refractivity contribution in [3.8, 4) is 0 Å². The maximum absolute atomic E-state index is 12.4. The molecule has 0 radical (unpaired) electrons. The van der Waals surface area contributed by atoms with Crippen molar-refractivity contribution < 1.29 is 26.4 Å². The molecule has 0 saturated carbocycles. The summed E-state index contributed by atoms with van der Waals surface area (Å²) in [7, 11) is -7.39. The molecule has 1 atom stereocenters. The van der Waals surface area contributed by atoms with Gasteiger partial charge < -0.3 is 10.1 Å². The predicted molar refractivity (Wildman–Crippen MR) is 114 cm³/mol. The van der Waals surface area contributed by atoms with Gasteiger partial charge in [0, 0.05) is 19.6 Å². The number of hydrogen-bond donors (Lipinski definition) is 2. The standard InChI is InChI=1S/C17H24N4O6S3/c18-30(25,26)9-5-19-16(22)12-29(23,24)10-7-21-6-8-27-11-14(21)17-20-13-3-1-2-4-15(13)28-17/h1-4,14H,5-12H2,(H,19,22)(H2,18,25,26). The van der Waals surface area contributed by atoms with Crippen molar-refractivity contribution in [2.75, 3.05) is 50.1 Å². The lowest BCUT2D eigenvalue weighted by Crippen LogP contribution is -2.43. The van der Waals surface area contributed by atoms with E-state index in [1.54, 1.807) is 11.3 Å². The van der Waals surface area contributed by atoms with Crippen LogP contribution in [0.15, 0.2) is 24.3 Å². The van der Waals surface area contributed by atoms with E-state index < -0.39 is 37.3 Å². The summed E-state index contributed by atoms with van der Waals surface area (Å²) in [5, 5.41) is 7.98. The van der Waals surface area contributed by atoms with Gasteiger partial charge in [-0.05, 0) is 12.1 Å². The molecule has 3 rings (SSSR count). The van der Waals surface area contributed by atoms with Crippen LogP contribution in [0.2, 0.25) is 0 Å². The molecule has 1 aromatic carbocycles. The molecule has 10 nitrogen and oxygen atoms in total. The molecule has 166 valence electrons. The van der Waals surface area contributed by atoms with Gasteiger partial charge in [-0.3, -0.25) is 9.69 Å². The Kier molecular flexibility index (Phi) is 7.42. The molecule has 1 fully saturated rings. The summed E-state index contributed by atoms with van der Waals surface area (Å²) in [6.45, 7) is 1.51. The zero-order valence-corrected chi connectivity index (χ0v) is 18.6. The topological polar surface area (TPSA) is 149 Å². The second kappa shape index (κ2) is 9.66. The number of fused-ring (bicyclic) bond motifs is 1. The first-order chi connectivity index (χ1) is 14.1. The maximum atomic E-state index is 12.4. The third-order valence-corrected chi connectivity index (χ3v) is 8.00. The third-order valence-electron chi connectivity index (χ3n) is 4.58. The molecule has 1 amide bonds. The second-order valence-corrected chi connectivity index (χ2v) is 11.9. The molecule has 1 unspecified atom stereocenters. The Morgan fingerprint density at radius 1 is 1.27 bits per heavy atom. The summed E-state index contributed by atoms with van der Waals surface area (Å²) in [6, 6.07) is 7.64. The number of hydrogen-bond acceptors (Lipinski definition) is 9. The molecular formula is C17H24N4O6S3. The number of amides is 1. The van der Waals surface area contributed by atoms with Crippen LogP contribution in [0.1, 0.15) is 11.0 Å². The molecule has 30 heavy (non-hydrogen) atoms. The van der Waals surface area contributed by atoms with Crippen molar-refractivity contribution in [2.45, 2.75) is 6.04 Å². The van der Waals surface area contributed by atoms with Crippen LogP contribution >= 0.6 is 11.3 Å². The van der Waals surface area contributed by atoms with Crippen LogP contribution in [0.5, 0.6) is 0 Å². The molecule has 0 aliphatic carbocycles. The van der Waals surface area contributed by atoms with E-state index >= 15 is 0 Å². The number of nitrogens with zero attached hydrogens (tertiary/aromatic N) is 2. The number of para-hydroxylation sites is 1. The van der Waals surface area contributed by atoms with E-state index in [1.165, 1.54) is 0 Å². The lowest BCUT2D eigenvalue weighted by Gasteiger charge is -2.34. The maximum Gasteiger partial charge on any atom is 0.235 e. The molecule has 1 aromatic heterocycles. The van der Waals surface area contributed by atoms with Gasteiger partial charge in [0.25, 0.3) is 0 Å². The minimum Gasteiger partial charge on any atom is -0.378 e. The first kappa shape index (κ1) is 23.0. The Balaban J connectivity index is 1.57. The number of primary sulfonamides is 1. The summed E-state index contributed by atoms with van der Waals surface area (Å²) in [6.07, 6.45) is 0. The van der Waals surface area contributed by atoms with Gasteiger partial charge in [0.2, 0.25) is 15.9 Å². The zero-order chi connectivity index (χ0) is 21.8. The van der Waals surface area contributed by atoms with E-state index in [0.29, 0.717) is 19.8 Å². The molecule has 3 N–H and O–H groups in total. The number of thiazole rings is 1. The Hall–Kier alpha value is -1.64. The molecule has 1 aliphatic rings. The van der Waals surface area contributed by atoms with Crippen LogP contribution in [-0.2, 0) is 29.4 Å². The van der Waals surface area contributed by atoms with Crippen LogP contribution in [0.4, 0.5) is 0 Å². The van der Waals surface area contributed by atoms with Crippen molar-refractivity contribution in [2.24, 2.45) is 5.14 Å². The van der Waals surface area contributed by atoms with Crippen LogP contribution < -0.4 is 10.5 Å². The Labute approximate surface area is 179 Å². The Morgan fingerprint density at radius 3 is 2.77 bits per heavy atom. The molecule has 2 aromatic rings. The van der Waals surface area contributed by atoms with Gasteiger partial charge in [0.05, 0.1) is 41.0 Å². The summed E-state index contributed by atoms with van der Waals surface area (Å²) in [5.41, 5.74) is 0.895. The molecule has 1 saturated heterocycles. The molecular weight excluding hydrogens is 452 g/mol. The van der Waals surface area contributed by atoms with Crippen LogP contribution in [0.25, 0.3) is 10.2 Å². The fourth-order valence-corrected chi connectivity index (χ4v) is 5.71. The SMILES string of the molecule is NS(=O)(=O)CCNC(=O)CS(=O)(=O)CCN1CCOCC1c1nc2ccccc2s1. The molecule has 1 aliphatic heterocycles. The number of aromatic nitrogens is 1.